The Labute approximate surface area is 182 Å². The lowest BCUT2D eigenvalue weighted by atomic mass is 9.72. The summed E-state index contributed by atoms with van der Waals surface area (Å²) in [5.74, 6) is 0.540. The lowest BCUT2D eigenvalue weighted by molar-refractivity contribution is -0.906. The Morgan fingerprint density at radius 1 is 0.933 bits per heavy atom. The highest BCUT2D eigenvalue weighted by Crippen LogP contribution is 2.36. The molecule has 166 valence electrons. The predicted octanol–water partition coefficient (Wildman–Crippen LogP) is 5.56. The average molecular weight is 417 g/mol. The van der Waals surface area contributed by atoms with Crippen molar-refractivity contribution in [2.45, 2.75) is 59.1 Å². The van der Waals surface area contributed by atoms with Crippen LogP contribution in [0.3, 0.4) is 0 Å². The van der Waals surface area contributed by atoms with Crippen molar-refractivity contribution < 1.29 is 18.7 Å². The molecular weight excluding hydrogens is 377 g/mol. The van der Waals surface area contributed by atoms with E-state index >= 15 is 0 Å². The van der Waals surface area contributed by atoms with Gasteiger partial charge in [-0.1, -0.05) is 58.9 Å². The van der Waals surface area contributed by atoms with Crippen LogP contribution in [0.25, 0.3) is 0 Å². The van der Waals surface area contributed by atoms with Gasteiger partial charge in [0.1, 0.15) is 37.4 Å². The molecule has 1 N–H and O–H groups in total. The number of aliphatic hydroxyl groups excluding tert-OH is 1. The number of likely N-dealkylation sites (N-methyl/N-ethyl adjacent to an activating group) is 1. The molecule has 4 heteroatoms. The first-order valence-electron chi connectivity index (χ1n) is 10.7. The van der Waals surface area contributed by atoms with Crippen LogP contribution in [0.15, 0.2) is 48.5 Å². The SMILES string of the molecule is CC(C)(C)CC(C)(C)c1ccc(OC[C@@H](O)C[N+](C)(C)Cc2ccc(F)cc2)cc1. The third-order valence-corrected chi connectivity index (χ3v) is 5.28. The van der Waals surface area contributed by atoms with Gasteiger partial charge in [-0.3, -0.25) is 0 Å². The number of halogens is 1. The van der Waals surface area contributed by atoms with Crippen LogP contribution in [0.1, 0.15) is 52.2 Å². The minimum Gasteiger partial charge on any atom is -0.491 e. The highest BCUT2D eigenvalue weighted by atomic mass is 19.1. The Morgan fingerprint density at radius 3 is 2.03 bits per heavy atom. The van der Waals surface area contributed by atoms with E-state index in [2.05, 4.69) is 60.8 Å². The van der Waals surface area contributed by atoms with E-state index in [1.54, 1.807) is 12.1 Å². The van der Waals surface area contributed by atoms with Gasteiger partial charge in [0.15, 0.2) is 0 Å². The zero-order valence-corrected chi connectivity index (χ0v) is 19.7. The van der Waals surface area contributed by atoms with E-state index in [1.807, 2.05) is 12.1 Å². The van der Waals surface area contributed by atoms with Crippen LogP contribution in [0, 0.1) is 11.2 Å². The zero-order chi connectivity index (χ0) is 22.6. The van der Waals surface area contributed by atoms with Gasteiger partial charge >= 0.3 is 0 Å². The van der Waals surface area contributed by atoms with E-state index in [1.165, 1.54) is 17.7 Å². The van der Waals surface area contributed by atoms with Gasteiger partial charge in [-0.2, -0.15) is 0 Å². The molecule has 0 aromatic heterocycles. The van der Waals surface area contributed by atoms with E-state index in [0.29, 0.717) is 11.0 Å². The second-order valence-corrected chi connectivity index (χ2v) is 11.0. The predicted molar refractivity (Wildman–Crippen MR) is 122 cm³/mol. The van der Waals surface area contributed by atoms with Crippen molar-refractivity contribution in [3.05, 3.63) is 65.5 Å². The molecule has 2 aromatic rings. The number of hydrogen-bond donors (Lipinski definition) is 1. The minimum atomic E-state index is -0.586. The number of quaternary nitrogens is 1. The molecule has 0 unspecified atom stereocenters. The Kier molecular flexibility index (Phi) is 7.70. The fourth-order valence-electron chi connectivity index (χ4n) is 4.39. The van der Waals surface area contributed by atoms with E-state index in [9.17, 15) is 9.50 Å². The minimum absolute atomic E-state index is 0.0954. The Hall–Kier alpha value is -1.91. The molecule has 3 nitrogen and oxygen atoms in total. The van der Waals surface area contributed by atoms with Crippen LogP contribution < -0.4 is 4.74 Å². The molecule has 0 bridgehead atoms. The van der Waals surface area contributed by atoms with Crippen LogP contribution in [-0.2, 0) is 12.0 Å². The van der Waals surface area contributed by atoms with Gasteiger partial charge in [0.2, 0.25) is 0 Å². The lowest BCUT2D eigenvalue weighted by Gasteiger charge is -2.33. The van der Waals surface area contributed by atoms with Crippen LogP contribution in [0.4, 0.5) is 4.39 Å². The standard InChI is InChI=1S/C26H39FNO2/c1-25(2,3)19-26(4,5)21-10-14-24(15-11-21)30-18-23(29)17-28(6,7)16-20-8-12-22(27)13-9-20/h8-15,23,29H,16-19H2,1-7H3/q+1/t23-/m0/s1. The third-order valence-electron chi connectivity index (χ3n) is 5.28. The molecule has 0 radical (unpaired) electrons. The molecular formula is C26H39FNO2+. The molecule has 1 atom stereocenters. The molecule has 0 spiro atoms. The number of rotatable bonds is 9. The van der Waals surface area contributed by atoms with Gasteiger partial charge in [0.25, 0.3) is 0 Å². The second kappa shape index (κ2) is 9.49. The smallest absolute Gasteiger partial charge is 0.137 e. The van der Waals surface area contributed by atoms with Gasteiger partial charge in [-0.15, -0.1) is 0 Å². The van der Waals surface area contributed by atoms with Crippen molar-refractivity contribution in [3.8, 4) is 5.75 Å². The first-order chi connectivity index (χ1) is 13.8. The first-order valence-corrected chi connectivity index (χ1v) is 10.7. The molecule has 2 aromatic carbocycles. The Morgan fingerprint density at radius 2 is 1.50 bits per heavy atom. The topological polar surface area (TPSA) is 29.5 Å². The molecule has 0 amide bonds. The van der Waals surface area contributed by atoms with Gasteiger partial charge in [0.05, 0.1) is 14.1 Å². The highest BCUT2D eigenvalue weighted by Gasteiger charge is 2.27. The number of ether oxygens (including phenoxy) is 1. The molecule has 0 aliphatic heterocycles. The van der Waals surface area contributed by atoms with E-state index in [4.69, 9.17) is 4.74 Å². The quantitative estimate of drug-likeness (QED) is 0.543. The molecule has 2 rings (SSSR count). The fourth-order valence-corrected chi connectivity index (χ4v) is 4.39. The van der Waals surface area contributed by atoms with Crippen molar-refractivity contribution in [2.75, 3.05) is 27.2 Å². The maximum absolute atomic E-state index is 13.1. The fraction of sp³-hybridized carbons (Fsp3) is 0.538. The van der Waals surface area contributed by atoms with Crippen molar-refractivity contribution in [3.63, 3.8) is 0 Å². The second-order valence-electron chi connectivity index (χ2n) is 11.0. The molecule has 0 fully saturated rings. The normalized spacial score (nSPS) is 13.9. The van der Waals surface area contributed by atoms with Crippen molar-refractivity contribution in [2.24, 2.45) is 5.41 Å². The summed E-state index contributed by atoms with van der Waals surface area (Å²) in [4.78, 5) is 0. The van der Waals surface area contributed by atoms with Crippen LogP contribution >= 0.6 is 0 Å². The summed E-state index contributed by atoms with van der Waals surface area (Å²) in [5.41, 5.74) is 2.70. The summed E-state index contributed by atoms with van der Waals surface area (Å²) in [6.07, 6.45) is 0.512. The molecule has 0 heterocycles. The number of nitrogens with zero attached hydrogens (tertiary/aromatic N) is 1. The third kappa shape index (κ3) is 8.08. The van der Waals surface area contributed by atoms with Crippen LogP contribution in [0.2, 0.25) is 0 Å². The van der Waals surface area contributed by atoms with Gasteiger partial charge < -0.3 is 14.3 Å². The van der Waals surface area contributed by atoms with E-state index < -0.39 is 6.10 Å². The van der Waals surface area contributed by atoms with Crippen molar-refractivity contribution in [1.29, 1.82) is 0 Å². The summed E-state index contributed by atoms with van der Waals surface area (Å²) < 4.78 is 19.5. The highest BCUT2D eigenvalue weighted by molar-refractivity contribution is 5.31. The van der Waals surface area contributed by atoms with Gasteiger partial charge in [-0.25, -0.2) is 4.39 Å². The van der Waals surface area contributed by atoms with Crippen LogP contribution in [0.5, 0.6) is 5.75 Å². The number of benzene rings is 2. The zero-order valence-electron chi connectivity index (χ0n) is 19.7. The van der Waals surface area contributed by atoms with E-state index in [-0.39, 0.29) is 23.3 Å². The summed E-state index contributed by atoms with van der Waals surface area (Å²) in [6, 6.07) is 14.8. The van der Waals surface area contributed by atoms with Gasteiger partial charge in [0, 0.05) is 5.56 Å². The largest absolute Gasteiger partial charge is 0.491 e. The number of hydrogen-bond acceptors (Lipinski definition) is 2. The van der Waals surface area contributed by atoms with Crippen molar-refractivity contribution in [1.82, 2.24) is 0 Å². The van der Waals surface area contributed by atoms with Crippen LogP contribution in [-0.4, -0.2) is 42.9 Å². The maximum Gasteiger partial charge on any atom is 0.137 e. The Balaban J connectivity index is 1.88. The summed E-state index contributed by atoms with van der Waals surface area (Å²) >= 11 is 0. The monoisotopic (exact) mass is 416 g/mol. The summed E-state index contributed by atoms with van der Waals surface area (Å²) in [7, 11) is 4.11. The molecule has 30 heavy (non-hydrogen) atoms. The van der Waals surface area contributed by atoms with Gasteiger partial charge in [-0.05, 0) is 47.1 Å². The summed E-state index contributed by atoms with van der Waals surface area (Å²) in [6.45, 7) is 12.9. The lowest BCUT2D eigenvalue weighted by Crippen LogP contribution is -2.46. The number of aliphatic hydroxyl groups is 1. The molecule has 0 aliphatic rings. The Bertz CT molecular complexity index is 789. The summed E-state index contributed by atoms with van der Waals surface area (Å²) in [5, 5.41) is 10.5. The molecule has 0 saturated heterocycles. The molecule has 0 saturated carbocycles. The van der Waals surface area contributed by atoms with Crippen molar-refractivity contribution >= 4 is 0 Å². The average Bonchev–Trinajstić information content (AvgIpc) is 2.60. The maximum atomic E-state index is 13.1. The van der Waals surface area contributed by atoms with E-state index in [0.717, 1.165) is 24.3 Å². The molecule has 0 aliphatic carbocycles. The first kappa shape index (κ1) is 24.4.